The molecule has 1 unspecified atom stereocenters. The largest absolute Gasteiger partial charge is 0.348 e. The minimum Gasteiger partial charge on any atom is -0.348 e. The Labute approximate surface area is 194 Å². The first-order valence-electron chi connectivity index (χ1n) is 11.8. The third-order valence-electron chi connectivity index (χ3n) is 6.02. The van der Waals surface area contributed by atoms with Crippen LogP contribution in [0.25, 0.3) is 0 Å². The van der Waals surface area contributed by atoms with Gasteiger partial charge in [0.15, 0.2) is 5.78 Å². The van der Waals surface area contributed by atoms with E-state index in [0.29, 0.717) is 0 Å². The van der Waals surface area contributed by atoms with Crippen LogP contribution in [0.2, 0.25) is 0 Å². The van der Waals surface area contributed by atoms with E-state index in [1.165, 1.54) is 5.56 Å². The lowest BCUT2D eigenvalue weighted by atomic mass is 9.83. The molecule has 0 saturated heterocycles. The Kier molecular flexibility index (Phi) is 7.90. The van der Waals surface area contributed by atoms with Gasteiger partial charge in [-0.3, -0.25) is 4.79 Å². The Morgan fingerprint density at radius 2 is 1.72 bits per heavy atom. The van der Waals surface area contributed by atoms with Gasteiger partial charge in [-0.25, -0.2) is 0 Å². The molecule has 0 amide bonds. The molecule has 1 aliphatic carbocycles. The zero-order chi connectivity index (χ0) is 23.1. The average Bonchev–Trinajstić information content (AvgIpc) is 2.80. The molecule has 2 aromatic carbocycles. The van der Waals surface area contributed by atoms with Crippen molar-refractivity contribution in [2.45, 2.75) is 65.2 Å². The number of nitrogens with zero attached hydrogens (tertiary/aromatic N) is 1. The summed E-state index contributed by atoms with van der Waals surface area (Å²) in [5, 5.41) is 0. The number of carbonyl (C=O) groups excluding carboxylic acids is 1. The Morgan fingerprint density at radius 1 is 1.03 bits per heavy atom. The van der Waals surface area contributed by atoms with E-state index in [1.807, 2.05) is 31.3 Å². The standard InChI is InChI=1S/C30H37NO/c1-6-21-31(27-19-17-26(18-20-27)30(3,4)5)22-23(2)29(32)28(24-13-9-7-10-14-24)25-15-11-8-12-16-25/h7,9-11,13-20,22,28H,6,8,12,21H2,1-5H3/b23-22+. The Morgan fingerprint density at radius 3 is 2.28 bits per heavy atom. The molecule has 0 heterocycles. The highest BCUT2D eigenvalue weighted by atomic mass is 16.1. The average molecular weight is 428 g/mol. The maximum Gasteiger partial charge on any atom is 0.171 e. The fourth-order valence-electron chi connectivity index (χ4n) is 4.18. The Bertz CT molecular complexity index is 987. The van der Waals surface area contributed by atoms with Crippen molar-refractivity contribution in [1.82, 2.24) is 0 Å². The molecule has 0 aliphatic heterocycles. The molecule has 2 aromatic rings. The Hall–Kier alpha value is -2.87. The number of carbonyl (C=O) groups is 1. The summed E-state index contributed by atoms with van der Waals surface area (Å²) in [5.41, 5.74) is 5.51. The quantitative estimate of drug-likeness (QED) is 0.402. The second kappa shape index (κ2) is 10.6. The zero-order valence-electron chi connectivity index (χ0n) is 20.3. The van der Waals surface area contributed by atoms with Crippen molar-refractivity contribution in [2.24, 2.45) is 0 Å². The predicted octanol–water partition coefficient (Wildman–Crippen LogP) is 7.73. The molecule has 2 heteroatoms. The first-order valence-corrected chi connectivity index (χ1v) is 11.8. The summed E-state index contributed by atoms with van der Waals surface area (Å²) in [4.78, 5) is 15.9. The van der Waals surface area contributed by atoms with Gasteiger partial charge < -0.3 is 4.90 Å². The van der Waals surface area contributed by atoms with Gasteiger partial charge >= 0.3 is 0 Å². The van der Waals surface area contributed by atoms with Crippen LogP contribution in [-0.2, 0) is 10.2 Å². The van der Waals surface area contributed by atoms with Crippen molar-refractivity contribution in [3.8, 4) is 0 Å². The number of allylic oxidation sites excluding steroid dienone is 5. The van der Waals surface area contributed by atoms with Crippen LogP contribution in [0.15, 0.2) is 90.2 Å². The van der Waals surface area contributed by atoms with Gasteiger partial charge in [0.05, 0.1) is 5.92 Å². The molecule has 0 spiro atoms. The van der Waals surface area contributed by atoms with E-state index in [4.69, 9.17) is 0 Å². The number of rotatable bonds is 8. The molecule has 0 fully saturated rings. The highest BCUT2D eigenvalue weighted by Gasteiger charge is 2.25. The first-order chi connectivity index (χ1) is 15.3. The SMILES string of the molecule is CCCN(/C=C(\C)C(=O)C(C1=CCCC=C1)c1ccccc1)c1ccc(C(C)(C)C)cc1. The van der Waals surface area contributed by atoms with Crippen LogP contribution in [0.5, 0.6) is 0 Å². The Balaban J connectivity index is 1.92. The first kappa shape index (κ1) is 23.8. The van der Waals surface area contributed by atoms with Gasteiger partial charge in [0.2, 0.25) is 0 Å². The van der Waals surface area contributed by atoms with Gasteiger partial charge in [0.1, 0.15) is 0 Å². The fraction of sp³-hybridized carbons (Fsp3) is 0.367. The van der Waals surface area contributed by atoms with Gasteiger partial charge in [-0.2, -0.15) is 0 Å². The predicted molar refractivity (Wildman–Crippen MR) is 137 cm³/mol. The molecule has 0 N–H and O–H groups in total. The molecule has 0 aromatic heterocycles. The fourth-order valence-corrected chi connectivity index (χ4v) is 4.18. The summed E-state index contributed by atoms with van der Waals surface area (Å²) < 4.78 is 0. The molecule has 1 aliphatic rings. The summed E-state index contributed by atoms with van der Waals surface area (Å²) in [7, 11) is 0. The van der Waals surface area contributed by atoms with Crippen LogP contribution in [0.3, 0.4) is 0 Å². The number of hydrogen-bond donors (Lipinski definition) is 0. The smallest absolute Gasteiger partial charge is 0.171 e. The van der Waals surface area contributed by atoms with Gasteiger partial charge in [0, 0.05) is 24.0 Å². The number of benzene rings is 2. The second-order valence-corrected chi connectivity index (χ2v) is 9.69. The van der Waals surface area contributed by atoms with Crippen molar-refractivity contribution >= 4 is 11.5 Å². The third kappa shape index (κ3) is 5.88. The van der Waals surface area contributed by atoms with Gasteiger partial charge in [-0.15, -0.1) is 0 Å². The number of Topliss-reactive ketones (excluding diaryl/α,β-unsaturated/α-hetero) is 1. The molecular weight excluding hydrogens is 390 g/mol. The molecule has 0 radical (unpaired) electrons. The number of hydrogen-bond acceptors (Lipinski definition) is 2. The van der Waals surface area contributed by atoms with Crippen molar-refractivity contribution in [3.63, 3.8) is 0 Å². The lowest BCUT2D eigenvalue weighted by molar-refractivity contribution is -0.116. The highest BCUT2D eigenvalue weighted by molar-refractivity contribution is 6.02. The minimum atomic E-state index is -0.254. The van der Waals surface area contributed by atoms with Gasteiger partial charge in [0.25, 0.3) is 0 Å². The number of anilines is 1. The molecule has 168 valence electrons. The van der Waals surface area contributed by atoms with E-state index in [1.54, 1.807) is 0 Å². The van der Waals surface area contributed by atoms with Crippen molar-refractivity contribution in [1.29, 1.82) is 0 Å². The normalized spacial score (nSPS) is 15.3. The van der Waals surface area contributed by atoms with E-state index >= 15 is 0 Å². The van der Waals surface area contributed by atoms with Crippen molar-refractivity contribution in [3.05, 3.63) is 101 Å². The minimum absolute atomic E-state index is 0.125. The summed E-state index contributed by atoms with van der Waals surface area (Å²) >= 11 is 0. The topological polar surface area (TPSA) is 20.3 Å². The lowest BCUT2D eigenvalue weighted by Gasteiger charge is -2.25. The summed E-state index contributed by atoms with van der Waals surface area (Å²) in [6, 6.07) is 18.9. The lowest BCUT2D eigenvalue weighted by Crippen LogP contribution is -2.22. The van der Waals surface area contributed by atoms with Gasteiger partial charge in [-0.1, -0.05) is 88.4 Å². The van der Waals surface area contributed by atoms with E-state index < -0.39 is 0 Å². The summed E-state index contributed by atoms with van der Waals surface area (Å²) in [5.74, 6) is -0.0860. The molecule has 3 rings (SSSR count). The van der Waals surface area contributed by atoms with Crippen LogP contribution in [0.4, 0.5) is 5.69 Å². The van der Waals surface area contributed by atoms with Crippen molar-refractivity contribution < 1.29 is 4.79 Å². The molecule has 0 bridgehead atoms. The van der Waals surface area contributed by atoms with E-state index in [2.05, 4.69) is 87.2 Å². The van der Waals surface area contributed by atoms with Crippen molar-refractivity contribution in [2.75, 3.05) is 11.4 Å². The summed E-state index contributed by atoms with van der Waals surface area (Å²) in [6.45, 7) is 11.7. The van der Waals surface area contributed by atoms with E-state index in [-0.39, 0.29) is 17.1 Å². The monoisotopic (exact) mass is 427 g/mol. The van der Waals surface area contributed by atoms with Crippen LogP contribution in [0.1, 0.15) is 70.9 Å². The molecule has 0 saturated carbocycles. The van der Waals surface area contributed by atoms with Crippen LogP contribution in [-0.4, -0.2) is 12.3 Å². The molecule has 1 atom stereocenters. The van der Waals surface area contributed by atoms with E-state index in [0.717, 1.165) is 48.2 Å². The molecule has 2 nitrogen and oxygen atoms in total. The summed E-state index contributed by atoms with van der Waals surface area (Å²) in [6.07, 6.45) is 11.6. The maximum atomic E-state index is 13.7. The van der Waals surface area contributed by atoms with Crippen LogP contribution in [0, 0.1) is 0 Å². The molecule has 32 heavy (non-hydrogen) atoms. The van der Waals surface area contributed by atoms with Crippen LogP contribution >= 0.6 is 0 Å². The molecular formula is C30H37NO. The van der Waals surface area contributed by atoms with Crippen LogP contribution < -0.4 is 4.90 Å². The number of ketones is 1. The second-order valence-electron chi connectivity index (χ2n) is 9.69. The maximum absolute atomic E-state index is 13.7. The van der Waals surface area contributed by atoms with Gasteiger partial charge in [-0.05, 0) is 60.4 Å². The highest BCUT2D eigenvalue weighted by Crippen LogP contribution is 2.32. The third-order valence-corrected chi connectivity index (χ3v) is 6.02. The zero-order valence-corrected chi connectivity index (χ0v) is 20.3. The van der Waals surface area contributed by atoms with E-state index in [9.17, 15) is 4.79 Å².